The van der Waals surface area contributed by atoms with Gasteiger partial charge in [0.15, 0.2) is 5.79 Å². The summed E-state index contributed by atoms with van der Waals surface area (Å²) in [5, 5.41) is 0. The van der Waals surface area contributed by atoms with Gasteiger partial charge in [-0.3, -0.25) is 0 Å². The zero-order valence-corrected chi connectivity index (χ0v) is 9.12. The van der Waals surface area contributed by atoms with Crippen molar-refractivity contribution < 1.29 is 9.47 Å². The third kappa shape index (κ3) is 3.90. The molecule has 0 saturated carbocycles. The lowest BCUT2D eigenvalue weighted by atomic mass is 10.2. The Bertz CT molecular complexity index is 254. The van der Waals surface area contributed by atoms with Gasteiger partial charge < -0.3 is 9.47 Å². The van der Waals surface area contributed by atoms with E-state index in [0.717, 1.165) is 0 Å². The van der Waals surface area contributed by atoms with E-state index in [2.05, 4.69) is 0 Å². The van der Waals surface area contributed by atoms with Gasteiger partial charge in [-0.15, -0.1) is 0 Å². The average Bonchev–Trinajstić information content (AvgIpc) is 2.17. The van der Waals surface area contributed by atoms with Crippen molar-refractivity contribution in [1.82, 2.24) is 0 Å². The fraction of sp³-hybridized carbons (Fsp3) is 0.500. The predicted octanol–water partition coefficient (Wildman–Crippen LogP) is 2.98. The third-order valence-corrected chi connectivity index (χ3v) is 1.92. The minimum absolute atomic E-state index is 0.495. The summed E-state index contributed by atoms with van der Waals surface area (Å²) in [7, 11) is 0. The van der Waals surface area contributed by atoms with Crippen LogP contribution in [0.3, 0.4) is 0 Å². The molecule has 0 spiro atoms. The number of hydrogen-bond acceptors (Lipinski definition) is 2. The van der Waals surface area contributed by atoms with E-state index in [0.29, 0.717) is 13.2 Å². The predicted molar refractivity (Wildman–Crippen MR) is 56.9 cm³/mol. The first-order valence-corrected chi connectivity index (χ1v) is 4.96. The van der Waals surface area contributed by atoms with E-state index in [9.17, 15) is 0 Å². The molecular weight excluding hydrogens is 176 g/mol. The summed E-state index contributed by atoms with van der Waals surface area (Å²) in [5.41, 5.74) is 1.17. The summed E-state index contributed by atoms with van der Waals surface area (Å²) in [6.07, 6.45) is 0. The Labute approximate surface area is 85.8 Å². The minimum Gasteiger partial charge on any atom is -0.351 e. The summed E-state index contributed by atoms with van der Waals surface area (Å²) < 4.78 is 11.1. The SMILES string of the molecule is CCOC(C)(C)OCc1ccccc1. The second-order valence-corrected chi connectivity index (χ2v) is 3.61. The van der Waals surface area contributed by atoms with Crippen LogP contribution in [0.1, 0.15) is 26.3 Å². The fourth-order valence-electron chi connectivity index (χ4n) is 1.22. The molecule has 0 amide bonds. The molecule has 0 saturated heterocycles. The minimum atomic E-state index is -0.495. The molecule has 0 aliphatic heterocycles. The van der Waals surface area contributed by atoms with Crippen LogP contribution in [0, 0.1) is 0 Å². The van der Waals surface area contributed by atoms with Crippen LogP contribution in [-0.4, -0.2) is 12.4 Å². The molecule has 0 fully saturated rings. The average molecular weight is 194 g/mol. The Morgan fingerprint density at radius 2 is 1.71 bits per heavy atom. The molecule has 0 unspecified atom stereocenters. The van der Waals surface area contributed by atoms with E-state index in [1.165, 1.54) is 5.56 Å². The maximum atomic E-state index is 5.63. The molecule has 0 aliphatic rings. The van der Waals surface area contributed by atoms with Gasteiger partial charge in [0.1, 0.15) is 0 Å². The highest BCUT2D eigenvalue weighted by molar-refractivity contribution is 5.13. The summed E-state index contributed by atoms with van der Waals surface area (Å²) in [6.45, 7) is 7.09. The number of rotatable bonds is 5. The number of ether oxygens (including phenoxy) is 2. The molecule has 2 heteroatoms. The Balaban J connectivity index is 2.40. The normalized spacial score (nSPS) is 11.6. The smallest absolute Gasteiger partial charge is 0.163 e. The summed E-state index contributed by atoms with van der Waals surface area (Å²) in [6, 6.07) is 10.1. The second-order valence-electron chi connectivity index (χ2n) is 3.61. The first-order chi connectivity index (χ1) is 6.64. The quantitative estimate of drug-likeness (QED) is 0.671. The molecule has 0 heterocycles. The van der Waals surface area contributed by atoms with E-state index in [1.807, 2.05) is 51.1 Å². The van der Waals surface area contributed by atoms with Crippen LogP contribution in [0.15, 0.2) is 30.3 Å². The van der Waals surface area contributed by atoms with E-state index in [-0.39, 0.29) is 0 Å². The van der Waals surface area contributed by atoms with Gasteiger partial charge in [0.25, 0.3) is 0 Å². The lowest BCUT2D eigenvalue weighted by Crippen LogP contribution is -2.28. The van der Waals surface area contributed by atoms with E-state index >= 15 is 0 Å². The van der Waals surface area contributed by atoms with Gasteiger partial charge in [0.2, 0.25) is 0 Å². The molecule has 0 N–H and O–H groups in total. The highest BCUT2D eigenvalue weighted by atomic mass is 16.7. The molecule has 1 aromatic carbocycles. The van der Waals surface area contributed by atoms with Crippen LogP contribution in [0.5, 0.6) is 0 Å². The van der Waals surface area contributed by atoms with Gasteiger partial charge in [-0.05, 0) is 26.3 Å². The summed E-state index contributed by atoms with van der Waals surface area (Å²) in [5.74, 6) is -0.495. The zero-order valence-electron chi connectivity index (χ0n) is 9.12. The van der Waals surface area contributed by atoms with Gasteiger partial charge in [-0.1, -0.05) is 30.3 Å². The van der Waals surface area contributed by atoms with Crippen molar-refractivity contribution in [3.63, 3.8) is 0 Å². The molecule has 0 radical (unpaired) electrons. The molecule has 1 rings (SSSR count). The first-order valence-electron chi connectivity index (χ1n) is 4.96. The van der Waals surface area contributed by atoms with Crippen molar-refractivity contribution in [1.29, 1.82) is 0 Å². The van der Waals surface area contributed by atoms with E-state index < -0.39 is 5.79 Å². The van der Waals surface area contributed by atoms with Crippen LogP contribution >= 0.6 is 0 Å². The molecule has 14 heavy (non-hydrogen) atoms. The highest BCUT2D eigenvalue weighted by Gasteiger charge is 2.17. The molecule has 0 atom stereocenters. The van der Waals surface area contributed by atoms with Crippen LogP contribution in [-0.2, 0) is 16.1 Å². The van der Waals surface area contributed by atoms with Crippen molar-refractivity contribution in [3.05, 3.63) is 35.9 Å². The van der Waals surface area contributed by atoms with Crippen molar-refractivity contribution in [3.8, 4) is 0 Å². The van der Waals surface area contributed by atoms with Gasteiger partial charge >= 0.3 is 0 Å². The number of hydrogen-bond donors (Lipinski definition) is 0. The molecule has 0 bridgehead atoms. The zero-order chi connectivity index (χ0) is 10.4. The van der Waals surface area contributed by atoms with E-state index in [1.54, 1.807) is 0 Å². The van der Waals surface area contributed by atoms with Gasteiger partial charge in [-0.2, -0.15) is 0 Å². The van der Waals surface area contributed by atoms with Crippen molar-refractivity contribution in [2.75, 3.05) is 6.61 Å². The standard InChI is InChI=1S/C12H18O2/c1-4-13-12(2,3)14-10-11-8-6-5-7-9-11/h5-9H,4,10H2,1-3H3. The van der Waals surface area contributed by atoms with Crippen molar-refractivity contribution in [2.24, 2.45) is 0 Å². The number of benzene rings is 1. The summed E-state index contributed by atoms with van der Waals surface area (Å²) >= 11 is 0. The maximum Gasteiger partial charge on any atom is 0.163 e. The van der Waals surface area contributed by atoms with E-state index in [4.69, 9.17) is 9.47 Å². The van der Waals surface area contributed by atoms with Crippen LogP contribution in [0.2, 0.25) is 0 Å². The maximum absolute atomic E-state index is 5.63. The Hall–Kier alpha value is -0.860. The Morgan fingerprint density at radius 1 is 1.07 bits per heavy atom. The van der Waals surface area contributed by atoms with Crippen LogP contribution in [0.4, 0.5) is 0 Å². The summed E-state index contributed by atoms with van der Waals surface area (Å²) in [4.78, 5) is 0. The lowest BCUT2D eigenvalue weighted by Gasteiger charge is -2.24. The monoisotopic (exact) mass is 194 g/mol. The fourth-order valence-corrected chi connectivity index (χ4v) is 1.22. The molecule has 2 nitrogen and oxygen atoms in total. The van der Waals surface area contributed by atoms with Crippen LogP contribution < -0.4 is 0 Å². The van der Waals surface area contributed by atoms with Gasteiger partial charge in [0, 0.05) is 6.61 Å². The Morgan fingerprint density at radius 3 is 2.29 bits per heavy atom. The van der Waals surface area contributed by atoms with Crippen LogP contribution in [0.25, 0.3) is 0 Å². The first kappa shape index (κ1) is 11.2. The highest BCUT2D eigenvalue weighted by Crippen LogP contribution is 2.13. The lowest BCUT2D eigenvalue weighted by molar-refractivity contribution is -0.217. The Kier molecular flexibility index (Phi) is 4.11. The van der Waals surface area contributed by atoms with Gasteiger partial charge in [0.05, 0.1) is 6.61 Å². The molecule has 0 aliphatic carbocycles. The molecule has 1 aromatic rings. The third-order valence-electron chi connectivity index (χ3n) is 1.92. The topological polar surface area (TPSA) is 18.5 Å². The molecule has 0 aromatic heterocycles. The molecule has 78 valence electrons. The van der Waals surface area contributed by atoms with Crippen molar-refractivity contribution >= 4 is 0 Å². The van der Waals surface area contributed by atoms with Gasteiger partial charge in [-0.25, -0.2) is 0 Å². The second kappa shape index (κ2) is 5.13. The molecular formula is C12H18O2. The van der Waals surface area contributed by atoms with Crippen molar-refractivity contribution in [2.45, 2.75) is 33.2 Å². The largest absolute Gasteiger partial charge is 0.351 e.